The molecule has 0 radical (unpaired) electrons. The Bertz CT molecular complexity index is 1220. The van der Waals surface area contributed by atoms with Crippen LogP contribution >= 0.6 is 11.3 Å². The van der Waals surface area contributed by atoms with Gasteiger partial charge in [0.1, 0.15) is 11.8 Å². The van der Waals surface area contributed by atoms with Gasteiger partial charge in [0.25, 0.3) is 0 Å². The van der Waals surface area contributed by atoms with E-state index < -0.39 is 4.92 Å². The lowest BCUT2D eigenvalue weighted by atomic mass is 10.2. The molecule has 3 aromatic heterocycles. The number of benzene rings is 1. The van der Waals surface area contributed by atoms with Crippen LogP contribution in [0.3, 0.4) is 0 Å². The summed E-state index contributed by atoms with van der Waals surface area (Å²) in [6.45, 7) is 5.66. The highest BCUT2D eigenvalue weighted by Gasteiger charge is 2.26. The molecule has 0 aliphatic rings. The van der Waals surface area contributed by atoms with Crippen molar-refractivity contribution < 1.29 is 9.66 Å². The van der Waals surface area contributed by atoms with Gasteiger partial charge >= 0.3 is 11.6 Å². The smallest absolute Gasteiger partial charge is 0.373 e. The lowest BCUT2D eigenvalue weighted by molar-refractivity contribution is -0.385. The first kappa shape index (κ1) is 18.7. The van der Waals surface area contributed by atoms with E-state index in [9.17, 15) is 10.1 Å². The normalized spacial score (nSPS) is 10.9. The molecular formula is C19H16N6O3S. The van der Waals surface area contributed by atoms with Gasteiger partial charge in [-0.25, -0.2) is 15.0 Å². The van der Waals surface area contributed by atoms with E-state index in [1.807, 2.05) is 39.0 Å². The standard InChI is InChI=1S/C19H16N6O3S/c1-10-7-8-13-5-4-6-14(15(13)22-10)28-18-16(25(26)27)17(20-9-21-18)24-19-23-11(2)12(3)29-19/h4-9H,1-3H3,(H,20,21,23,24). The van der Waals surface area contributed by atoms with Crippen molar-refractivity contribution >= 4 is 38.9 Å². The van der Waals surface area contributed by atoms with E-state index in [-0.39, 0.29) is 17.4 Å². The maximum Gasteiger partial charge on any atom is 0.373 e. The van der Waals surface area contributed by atoms with Crippen LogP contribution < -0.4 is 10.1 Å². The quantitative estimate of drug-likeness (QED) is 0.368. The Balaban J connectivity index is 1.77. The first-order chi connectivity index (χ1) is 13.9. The third kappa shape index (κ3) is 3.69. The van der Waals surface area contributed by atoms with E-state index in [4.69, 9.17) is 4.74 Å². The number of hydrogen-bond acceptors (Lipinski definition) is 9. The third-order valence-corrected chi connectivity index (χ3v) is 5.24. The molecule has 0 saturated heterocycles. The van der Waals surface area contributed by atoms with Gasteiger partial charge < -0.3 is 10.1 Å². The molecule has 0 spiro atoms. The number of nitrogens with one attached hydrogen (secondary N) is 1. The van der Waals surface area contributed by atoms with Gasteiger partial charge in [0.15, 0.2) is 10.9 Å². The molecule has 0 amide bonds. The lowest BCUT2D eigenvalue weighted by Crippen LogP contribution is -2.03. The second kappa shape index (κ2) is 7.40. The molecular weight excluding hydrogens is 392 g/mol. The van der Waals surface area contributed by atoms with Crippen molar-refractivity contribution in [2.24, 2.45) is 0 Å². The largest absolute Gasteiger partial charge is 0.431 e. The summed E-state index contributed by atoms with van der Waals surface area (Å²) < 4.78 is 5.83. The van der Waals surface area contributed by atoms with E-state index in [2.05, 4.69) is 25.3 Å². The van der Waals surface area contributed by atoms with Crippen molar-refractivity contribution in [1.29, 1.82) is 0 Å². The van der Waals surface area contributed by atoms with E-state index in [1.54, 1.807) is 12.1 Å². The van der Waals surface area contributed by atoms with Gasteiger partial charge in [0.05, 0.1) is 10.6 Å². The third-order valence-electron chi connectivity index (χ3n) is 4.25. The fourth-order valence-corrected chi connectivity index (χ4v) is 3.54. The Kier molecular flexibility index (Phi) is 4.77. The van der Waals surface area contributed by atoms with Crippen molar-refractivity contribution in [3.8, 4) is 11.6 Å². The van der Waals surface area contributed by atoms with Crippen LogP contribution in [0.2, 0.25) is 0 Å². The van der Waals surface area contributed by atoms with Gasteiger partial charge in [0.2, 0.25) is 5.82 Å². The van der Waals surface area contributed by atoms with Crippen LogP contribution in [0, 0.1) is 30.9 Å². The maximum absolute atomic E-state index is 11.8. The number of rotatable bonds is 5. The summed E-state index contributed by atoms with van der Waals surface area (Å²) in [7, 11) is 0. The molecule has 0 saturated carbocycles. The van der Waals surface area contributed by atoms with E-state index in [1.165, 1.54) is 17.7 Å². The Morgan fingerprint density at radius 2 is 1.93 bits per heavy atom. The molecule has 0 fully saturated rings. The van der Waals surface area contributed by atoms with Crippen molar-refractivity contribution in [1.82, 2.24) is 19.9 Å². The Hall–Kier alpha value is -3.66. The molecule has 0 bridgehead atoms. The zero-order valence-corrected chi connectivity index (χ0v) is 16.6. The Morgan fingerprint density at radius 1 is 1.10 bits per heavy atom. The van der Waals surface area contributed by atoms with Gasteiger partial charge in [-0.2, -0.15) is 4.98 Å². The highest BCUT2D eigenvalue weighted by atomic mass is 32.1. The number of aromatic nitrogens is 4. The zero-order valence-electron chi connectivity index (χ0n) is 15.8. The number of nitro groups is 1. The summed E-state index contributed by atoms with van der Waals surface area (Å²) in [5.74, 6) is 0.214. The van der Waals surface area contributed by atoms with E-state index in [0.717, 1.165) is 21.7 Å². The minimum absolute atomic E-state index is 0.0122. The fraction of sp³-hybridized carbons (Fsp3) is 0.158. The fourth-order valence-electron chi connectivity index (χ4n) is 2.72. The van der Waals surface area contributed by atoms with Crippen LogP contribution in [0.25, 0.3) is 10.9 Å². The van der Waals surface area contributed by atoms with Crippen LogP contribution in [0.5, 0.6) is 11.6 Å². The Morgan fingerprint density at radius 3 is 2.66 bits per heavy atom. The summed E-state index contributed by atoms with van der Waals surface area (Å²) in [6, 6.07) is 9.19. The highest BCUT2D eigenvalue weighted by Crippen LogP contribution is 2.38. The topological polar surface area (TPSA) is 116 Å². The van der Waals surface area contributed by atoms with Crippen molar-refractivity contribution in [2.75, 3.05) is 5.32 Å². The minimum Gasteiger partial charge on any atom is -0.431 e. The molecule has 1 N–H and O–H groups in total. The first-order valence-corrected chi connectivity index (χ1v) is 9.48. The summed E-state index contributed by atoms with van der Waals surface area (Å²) >= 11 is 1.39. The van der Waals surface area contributed by atoms with Crippen molar-refractivity contribution in [2.45, 2.75) is 20.8 Å². The highest BCUT2D eigenvalue weighted by molar-refractivity contribution is 7.15. The van der Waals surface area contributed by atoms with Crippen LogP contribution in [-0.4, -0.2) is 24.9 Å². The summed E-state index contributed by atoms with van der Waals surface area (Å²) in [6.07, 6.45) is 1.21. The van der Waals surface area contributed by atoms with Gasteiger partial charge in [-0.1, -0.05) is 18.2 Å². The van der Waals surface area contributed by atoms with Gasteiger partial charge in [0, 0.05) is 16.0 Å². The molecule has 3 heterocycles. The summed E-state index contributed by atoms with van der Waals surface area (Å²) in [4.78, 5) is 29.1. The molecule has 9 nitrogen and oxygen atoms in total. The molecule has 146 valence electrons. The number of pyridine rings is 1. The van der Waals surface area contributed by atoms with Crippen molar-refractivity contribution in [3.63, 3.8) is 0 Å². The average Bonchev–Trinajstić information content (AvgIpc) is 2.99. The zero-order chi connectivity index (χ0) is 20.5. The SMILES string of the molecule is Cc1ccc2cccc(Oc3ncnc(Nc4nc(C)c(C)s4)c3[N+](=O)[O-])c2n1. The molecule has 0 unspecified atom stereocenters. The number of hydrogen-bond donors (Lipinski definition) is 1. The molecule has 4 aromatic rings. The summed E-state index contributed by atoms with van der Waals surface area (Å²) in [5, 5.41) is 16.1. The molecule has 4 rings (SSSR count). The lowest BCUT2D eigenvalue weighted by Gasteiger charge is -2.10. The number of ether oxygens (including phenoxy) is 1. The predicted molar refractivity (Wildman–Crippen MR) is 110 cm³/mol. The number of para-hydroxylation sites is 1. The Labute approximate surface area is 169 Å². The van der Waals surface area contributed by atoms with E-state index >= 15 is 0 Å². The second-order valence-electron chi connectivity index (χ2n) is 6.30. The number of anilines is 2. The van der Waals surface area contributed by atoms with Gasteiger partial charge in [-0.15, -0.1) is 11.3 Å². The van der Waals surface area contributed by atoms with Crippen molar-refractivity contribution in [3.05, 3.63) is 63.0 Å². The molecule has 29 heavy (non-hydrogen) atoms. The number of thiazole rings is 1. The number of fused-ring (bicyclic) bond motifs is 1. The minimum atomic E-state index is -0.575. The molecule has 0 aliphatic heterocycles. The average molecular weight is 408 g/mol. The predicted octanol–water partition coefficient (Wildman–Crippen LogP) is 4.85. The second-order valence-corrected chi connectivity index (χ2v) is 7.50. The van der Waals surface area contributed by atoms with Gasteiger partial charge in [-0.05, 0) is 32.9 Å². The van der Waals surface area contributed by atoms with Gasteiger partial charge in [-0.3, -0.25) is 10.1 Å². The molecule has 10 heteroatoms. The first-order valence-electron chi connectivity index (χ1n) is 8.67. The number of nitrogens with zero attached hydrogens (tertiary/aromatic N) is 5. The van der Waals surface area contributed by atoms with E-state index in [0.29, 0.717) is 16.4 Å². The van der Waals surface area contributed by atoms with Crippen LogP contribution in [0.15, 0.2) is 36.7 Å². The van der Waals surface area contributed by atoms with Crippen LogP contribution in [0.4, 0.5) is 16.6 Å². The molecule has 1 aromatic carbocycles. The van der Waals surface area contributed by atoms with Crippen LogP contribution in [-0.2, 0) is 0 Å². The monoisotopic (exact) mass is 408 g/mol. The van der Waals surface area contributed by atoms with Crippen LogP contribution in [0.1, 0.15) is 16.3 Å². The molecule has 0 aliphatic carbocycles. The maximum atomic E-state index is 11.8. The molecule has 0 atom stereocenters. The number of aryl methyl sites for hydroxylation is 3. The summed E-state index contributed by atoms with van der Waals surface area (Å²) in [5.41, 5.74) is 1.88.